The van der Waals surface area contributed by atoms with Crippen LogP contribution in [0.2, 0.25) is 0 Å². The standard InChI is InChI=1S/C17H16O2/c1-17(2)15(18)10-11-19-16(17)14-9-5-7-12-6-3-4-8-13(12)14/h3-11,16H,1-2H3/t16-/m1/s1. The number of ketones is 1. The summed E-state index contributed by atoms with van der Waals surface area (Å²) in [6.07, 6.45) is 2.79. The van der Waals surface area contributed by atoms with Crippen LogP contribution in [0.3, 0.4) is 0 Å². The molecular formula is C17H16O2. The van der Waals surface area contributed by atoms with E-state index in [4.69, 9.17) is 4.74 Å². The summed E-state index contributed by atoms with van der Waals surface area (Å²) in [5, 5.41) is 2.31. The first-order valence-corrected chi connectivity index (χ1v) is 6.45. The van der Waals surface area contributed by atoms with Crippen LogP contribution in [-0.4, -0.2) is 5.78 Å². The molecule has 1 atom stereocenters. The number of carbonyl (C=O) groups excluding carboxylic acids is 1. The van der Waals surface area contributed by atoms with Gasteiger partial charge in [0, 0.05) is 11.6 Å². The molecule has 1 aliphatic heterocycles. The SMILES string of the molecule is CC1(C)C(=O)C=CO[C@@H]1c1cccc2ccccc12. The average Bonchev–Trinajstić information content (AvgIpc) is 2.41. The maximum absolute atomic E-state index is 12.1. The van der Waals surface area contributed by atoms with Crippen molar-refractivity contribution in [1.29, 1.82) is 0 Å². The van der Waals surface area contributed by atoms with Crippen LogP contribution in [0.1, 0.15) is 25.5 Å². The summed E-state index contributed by atoms with van der Waals surface area (Å²) in [6.45, 7) is 3.87. The van der Waals surface area contributed by atoms with Crippen LogP contribution in [0.5, 0.6) is 0 Å². The van der Waals surface area contributed by atoms with E-state index in [2.05, 4.69) is 18.2 Å². The summed E-state index contributed by atoms with van der Waals surface area (Å²) in [5.74, 6) is 0.108. The molecule has 0 unspecified atom stereocenters. The van der Waals surface area contributed by atoms with E-state index >= 15 is 0 Å². The number of hydrogen-bond donors (Lipinski definition) is 0. The average molecular weight is 252 g/mol. The third-order valence-corrected chi connectivity index (χ3v) is 3.83. The van der Waals surface area contributed by atoms with E-state index in [1.165, 1.54) is 17.7 Å². The number of carbonyl (C=O) groups is 1. The van der Waals surface area contributed by atoms with Gasteiger partial charge in [-0.15, -0.1) is 0 Å². The van der Waals surface area contributed by atoms with Crippen molar-refractivity contribution in [3.63, 3.8) is 0 Å². The van der Waals surface area contributed by atoms with Gasteiger partial charge in [0.1, 0.15) is 6.10 Å². The first kappa shape index (κ1) is 12.0. The normalized spacial score (nSPS) is 21.4. The Labute approximate surface area is 112 Å². The molecule has 3 rings (SSSR count). The Bertz CT molecular complexity index is 663. The number of ether oxygens (including phenoxy) is 1. The molecule has 0 amide bonds. The third kappa shape index (κ3) is 1.84. The van der Waals surface area contributed by atoms with Crippen molar-refractivity contribution in [3.8, 4) is 0 Å². The van der Waals surface area contributed by atoms with E-state index in [-0.39, 0.29) is 11.9 Å². The molecule has 0 fully saturated rings. The lowest BCUT2D eigenvalue weighted by molar-refractivity contribution is -0.131. The van der Waals surface area contributed by atoms with E-state index in [0.717, 1.165) is 10.9 Å². The molecular weight excluding hydrogens is 236 g/mol. The van der Waals surface area contributed by atoms with E-state index in [1.54, 1.807) is 0 Å². The Balaban J connectivity index is 2.20. The Morgan fingerprint density at radius 2 is 1.79 bits per heavy atom. The zero-order valence-corrected chi connectivity index (χ0v) is 11.1. The quantitative estimate of drug-likeness (QED) is 0.766. The van der Waals surface area contributed by atoms with Crippen molar-refractivity contribution in [2.45, 2.75) is 20.0 Å². The molecule has 2 nitrogen and oxygen atoms in total. The van der Waals surface area contributed by atoms with E-state index in [1.807, 2.05) is 38.1 Å². The highest BCUT2D eigenvalue weighted by Crippen LogP contribution is 2.42. The second-order valence-electron chi connectivity index (χ2n) is 5.47. The fraction of sp³-hybridized carbons (Fsp3) is 0.235. The number of rotatable bonds is 1. The molecule has 19 heavy (non-hydrogen) atoms. The van der Waals surface area contributed by atoms with Gasteiger partial charge in [-0.3, -0.25) is 4.79 Å². The van der Waals surface area contributed by atoms with Crippen molar-refractivity contribution in [1.82, 2.24) is 0 Å². The summed E-state index contributed by atoms with van der Waals surface area (Å²) < 4.78 is 5.76. The van der Waals surface area contributed by atoms with Crippen molar-refractivity contribution in [2.24, 2.45) is 5.41 Å². The van der Waals surface area contributed by atoms with E-state index in [9.17, 15) is 4.79 Å². The van der Waals surface area contributed by atoms with Gasteiger partial charge in [-0.25, -0.2) is 0 Å². The lowest BCUT2D eigenvalue weighted by Gasteiger charge is -2.35. The van der Waals surface area contributed by atoms with Gasteiger partial charge in [0.15, 0.2) is 5.78 Å². The smallest absolute Gasteiger partial charge is 0.168 e. The van der Waals surface area contributed by atoms with Crippen molar-refractivity contribution >= 4 is 16.6 Å². The largest absolute Gasteiger partial charge is 0.492 e. The van der Waals surface area contributed by atoms with E-state index < -0.39 is 5.41 Å². The fourth-order valence-electron chi connectivity index (χ4n) is 2.63. The summed E-state index contributed by atoms with van der Waals surface area (Å²) in [6, 6.07) is 14.3. The van der Waals surface area contributed by atoms with Crippen LogP contribution in [-0.2, 0) is 9.53 Å². The van der Waals surface area contributed by atoms with Crippen LogP contribution in [0.15, 0.2) is 54.8 Å². The monoisotopic (exact) mass is 252 g/mol. The predicted octanol–water partition coefficient (Wildman–Crippen LogP) is 4.02. The van der Waals surface area contributed by atoms with Gasteiger partial charge in [-0.1, -0.05) is 42.5 Å². The fourth-order valence-corrected chi connectivity index (χ4v) is 2.63. The van der Waals surface area contributed by atoms with Gasteiger partial charge in [-0.05, 0) is 24.6 Å². The first-order valence-electron chi connectivity index (χ1n) is 6.45. The molecule has 0 bridgehead atoms. The maximum atomic E-state index is 12.1. The summed E-state index contributed by atoms with van der Waals surface area (Å²) in [5.41, 5.74) is 0.527. The molecule has 0 saturated heterocycles. The lowest BCUT2D eigenvalue weighted by Crippen LogP contribution is -2.34. The van der Waals surface area contributed by atoms with Gasteiger partial charge < -0.3 is 4.74 Å². The molecule has 0 saturated carbocycles. The Kier molecular flexibility index (Phi) is 2.67. The Morgan fingerprint density at radius 3 is 2.63 bits per heavy atom. The maximum Gasteiger partial charge on any atom is 0.168 e. The van der Waals surface area contributed by atoms with Crippen molar-refractivity contribution in [2.75, 3.05) is 0 Å². The highest BCUT2D eigenvalue weighted by atomic mass is 16.5. The lowest BCUT2D eigenvalue weighted by atomic mass is 9.76. The van der Waals surface area contributed by atoms with Gasteiger partial charge >= 0.3 is 0 Å². The second-order valence-corrected chi connectivity index (χ2v) is 5.47. The van der Waals surface area contributed by atoms with Crippen LogP contribution >= 0.6 is 0 Å². The predicted molar refractivity (Wildman–Crippen MR) is 75.7 cm³/mol. The van der Waals surface area contributed by atoms with E-state index in [0.29, 0.717) is 0 Å². The number of hydrogen-bond acceptors (Lipinski definition) is 2. The molecule has 2 aromatic carbocycles. The van der Waals surface area contributed by atoms with Gasteiger partial charge in [-0.2, -0.15) is 0 Å². The Morgan fingerprint density at radius 1 is 1.05 bits per heavy atom. The second kappa shape index (κ2) is 4.23. The van der Waals surface area contributed by atoms with Crippen LogP contribution < -0.4 is 0 Å². The summed E-state index contributed by atoms with van der Waals surface area (Å²) in [7, 11) is 0. The highest BCUT2D eigenvalue weighted by molar-refractivity contribution is 5.96. The zero-order chi connectivity index (χ0) is 13.5. The molecule has 1 heterocycles. The number of benzene rings is 2. The minimum absolute atomic E-state index is 0.108. The molecule has 0 aliphatic carbocycles. The minimum Gasteiger partial charge on any atom is -0.492 e. The molecule has 0 N–H and O–H groups in total. The molecule has 96 valence electrons. The molecule has 0 radical (unpaired) electrons. The third-order valence-electron chi connectivity index (χ3n) is 3.83. The molecule has 1 aliphatic rings. The van der Waals surface area contributed by atoms with Crippen LogP contribution in [0.25, 0.3) is 10.8 Å². The minimum atomic E-state index is -0.543. The van der Waals surface area contributed by atoms with Gasteiger partial charge in [0.2, 0.25) is 0 Å². The topological polar surface area (TPSA) is 26.3 Å². The van der Waals surface area contributed by atoms with Crippen molar-refractivity contribution in [3.05, 3.63) is 60.4 Å². The summed E-state index contributed by atoms with van der Waals surface area (Å²) in [4.78, 5) is 12.1. The van der Waals surface area contributed by atoms with Gasteiger partial charge in [0.25, 0.3) is 0 Å². The zero-order valence-electron chi connectivity index (χ0n) is 11.1. The number of fused-ring (bicyclic) bond motifs is 1. The van der Waals surface area contributed by atoms with Crippen LogP contribution in [0, 0.1) is 5.41 Å². The first-order chi connectivity index (χ1) is 9.10. The van der Waals surface area contributed by atoms with Crippen molar-refractivity contribution < 1.29 is 9.53 Å². The summed E-state index contributed by atoms with van der Waals surface area (Å²) >= 11 is 0. The highest BCUT2D eigenvalue weighted by Gasteiger charge is 2.40. The molecule has 0 spiro atoms. The van der Waals surface area contributed by atoms with Gasteiger partial charge in [0.05, 0.1) is 11.7 Å². The number of allylic oxidation sites excluding steroid dienone is 1. The molecule has 2 aromatic rings. The molecule has 2 heteroatoms. The molecule has 0 aromatic heterocycles. The Hall–Kier alpha value is -2.09. The van der Waals surface area contributed by atoms with Crippen LogP contribution in [0.4, 0.5) is 0 Å².